The molecule has 24 heavy (non-hydrogen) atoms. The van der Waals surface area contributed by atoms with E-state index in [1.807, 2.05) is 0 Å². The number of rotatable bonds is 6. The first kappa shape index (κ1) is 20.1. The van der Waals surface area contributed by atoms with Crippen molar-refractivity contribution in [2.45, 2.75) is 12.8 Å². The van der Waals surface area contributed by atoms with Crippen molar-refractivity contribution in [1.29, 1.82) is 5.41 Å². The van der Waals surface area contributed by atoms with Crippen LogP contribution in [0.25, 0.3) is 10.9 Å². The molecule has 0 spiro atoms. The molecule has 0 saturated heterocycles. The Morgan fingerprint density at radius 1 is 1.46 bits per heavy atom. The van der Waals surface area contributed by atoms with Gasteiger partial charge < -0.3 is 20.6 Å². The van der Waals surface area contributed by atoms with Crippen molar-refractivity contribution in [3.8, 4) is 5.75 Å². The van der Waals surface area contributed by atoms with Gasteiger partial charge in [-0.3, -0.25) is 15.1 Å². The van der Waals surface area contributed by atoms with Crippen LogP contribution >= 0.6 is 24.0 Å². The number of ether oxygens (including phenoxy) is 1. The number of amides is 1. The first-order valence-corrected chi connectivity index (χ1v) is 7.50. The minimum Gasteiger partial charge on any atom is -0.491 e. The Hall–Kier alpha value is -1.96. The number of H-pyrrole nitrogens is 1. The molecule has 1 heterocycles. The summed E-state index contributed by atoms with van der Waals surface area (Å²) in [7, 11) is 1.42. The van der Waals surface area contributed by atoms with E-state index < -0.39 is 5.91 Å². The van der Waals surface area contributed by atoms with E-state index in [0.717, 1.165) is 11.3 Å². The number of nitrogens with two attached hydrogens (primary N) is 1. The van der Waals surface area contributed by atoms with Crippen molar-refractivity contribution in [3.63, 3.8) is 0 Å². The molecule has 1 aromatic carbocycles. The zero-order valence-corrected chi connectivity index (χ0v) is 14.7. The lowest BCUT2D eigenvalue weighted by molar-refractivity contribution is 0.0864. The highest BCUT2D eigenvalue weighted by Gasteiger charge is 2.18. The second kappa shape index (κ2) is 8.77. The van der Waals surface area contributed by atoms with Gasteiger partial charge in [-0.25, -0.2) is 0 Å². The summed E-state index contributed by atoms with van der Waals surface area (Å²) < 4.78 is 5.68. The van der Waals surface area contributed by atoms with E-state index in [2.05, 4.69) is 4.98 Å². The van der Waals surface area contributed by atoms with Gasteiger partial charge in [0.2, 0.25) is 0 Å². The van der Waals surface area contributed by atoms with Crippen LogP contribution in [-0.2, 0) is 0 Å². The largest absolute Gasteiger partial charge is 0.491 e. The SMILES string of the molecule is CN(C(=N)N)C(=O)c1cc2c(Cl)ccc(OCCCCO)c2[nH]1.Cl. The van der Waals surface area contributed by atoms with Crippen LogP contribution in [0.4, 0.5) is 0 Å². The predicted molar refractivity (Wildman–Crippen MR) is 96.4 cm³/mol. The fourth-order valence-corrected chi connectivity index (χ4v) is 2.29. The zero-order valence-electron chi connectivity index (χ0n) is 13.1. The molecule has 1 aromatic heterocycles. The van der Waals surface area contributed by atoms with Crippen LogP contribution < -0.4 is 10.5 Å². The summed E-state index contributed by atoms with van der Waals surface area (Å²) in [5.41, 5.74) is 6.21. The fourth-order valence-electron chi connectivity index (χ4n) is 2.08. The smallest absolute Gasteiger partial charge is 0.276 e. The van der Waals surface area contributed by atoms with Gasteiger partial charge in [0, 0.05) is 19.0 Å². The number of carbonyl (C=O) groups excluding carboxylic acids is 1. The third-order valence-corrected chi connectivity index (χ3v) is 3.74. The number of aliphatic hydroxyl groups excluding tert-OH is 1. The lowest BCUT2D eigenvalue weighted by atomic mass is 10.2. The number of aliphatic hydroxyl groups is 1. The molecule has 0 aliphatic heterocycles. The number of aromatic amines is 1. The molecule has 0 radical (unpaired) electrons. The highest BCUT2D eigenvalue weighted by Crippen LogP contribution is 2.32. The third kappa shape index (κ3) is 4.31. The van der Waals surface area contributed by atoms with Gasteiger partial charge in [0.15, 0.2) is 5.96 Å². The molecule has 7 nitrogen and oxygen atoms in total. The summed E-state index contributed by atoms with van der Waals surface area (Å²) in [5, 5.41) is 17.3. The lowest BCUT2D eigenvalue weighted by Crippen LogP contribution is -2.38. The van der Waals surface area contributed by atoms with Gasteiger partial charge in [0.1, 0.15) is 11.4 Å². The van der Waals surface area contributed by atoms with Crippen molar-refractivity contribution in [1.82, 2.24) is 9.88 Å². The summed E-state index contributed by atoms with van der Waals surface area (Å²) >= 11 is 6.17. The van der Waals surface area contributed by atoms with Crippen LogP contribution in [-0.4, -0.2) is 47.1 Å². The average molecular weight is 375 g/mol. The maximum atomic E-state index is 12.2. The molecule has 0 fully saturated rings. The van der Waals surface area contributed by atoms with Crippen molar-refractivity contribution < 1.29 is 14.6 Å². The molecular formula is C15H20Cl2N4O3. The Balaban J connectivity index is 0.00000288. The van der Waals surface area contributed by atoms with E-state index in [0.29, 0.717) is 34.7 Å². The fraction of sp³-hybridized carbons (Fsp3) is 0.333. The quantitative estimate of drug-likeness (QED) is 0.352. The van der Waals surface area contributed by atoms with Crippen LogP contribution in [0, 0.1) is 5.41 Å². The number of halogens is 2. The van der Waals surface area contributed by atoms with Crippen LogP contribution in [0.3, 0.4) is 0 Å². The summed E-state index contributed by atoms with van der Waals surface area (Å²) in [5.74, 6) is -0.205. The van der Waals surface area contributed by atoms with E-state index in [9.17, 15) is 4.79 Å². The van der Waals surface area contributed by atoms with E-state index in [1.165, 1.54) is 7.05 Å². The van der Waals surface area contributed by atoms with Gasteiger partial charge in [-0.05, 0) is 31.0 Å². The summed E-state index contributed by atoms with van der Waals surface area (Å²) in [6.07, 6.45) is 1.38. The Morgan fingerprint density at radius 2 is 2.17 bits per heavy atom. The molecule has 0 unspecified atom stereocenters. The van der Waals surface area contributed by atoms with E-state index in [-0.39, 0.29) is 30.7 Å². The van der Waals surface area contributed by atoms with Gasteiger partial charge in [-0.1, -0.05) is 11.6 Å². The van der Waals surface area contributed by atoms with Crippen molar-refractivity contribution in [2.24, 2.45) is 5.73 Å². The molecule has 9 heteroatoms. The molecule has 0 saturated carbocycles. The van der Waals surface area contributed by atoms with Crippen LogP contribution in [0.2, 0.25) is 5.02 Å². The van der Waals surface area contributed by atoms with E-state index >= 15 is 0 Å². The Bertz CT molecular complexity index is 733. The number of guanidine groups is 1. The van der Waals surface area contributed by atoms with E-state index in [1.54, 1.807) is 18.2 Å². The maximum absolute atomic E-state index is 12.2. The van der Waals surface area contributed by atoms with Gasteiger partial charge >= 0.3 is 0 Å². The van der Waals surface area contributed by atoms with Gasteiger partial charge in [0.25, 0.3) is 5.91 Å². The van der Waals surface area contributed by atoms with Crippen LogP contribution in [0.15, 0.2) is 18.2 Å². The number of benzene rings is 1. The molecule has 0 bridgehead atoms. The number of carbonyl (C=O) groups is 1. The number of nitrogens with zero attached hydrogens (tertiary/aromatic N) is 1. The van der Waals surface area contributed by atoms with Crippen molar-refractivity contribution >= 4 is 46.8 Å². The third-order valence-electron chi connectivity index (χ3n) is 3.41. The highest BCUT2D eigenvalue weighted by molar-refractivity contribution is 6.35. The Kier molecular flexibility index (Phi) is 7.34. The highest BCUT2D eigenvalue weighted by atomic mass is 35.5. The minimum absolute atomic E-state index is 0. The monoisotopic (exact) mass is 374 g/mol. The second-order valence-corrected chi connectivity index (χ2v) is 5.45. The zero-order chi connectivity index (χ0) is 17.0. The standard InChI is InChI=1S/C15H19ClN4O3.ClH/c1-20(15(17)18)14(22)11-8-9-10(16)4-5-12(13(9)19-11)23-7-3-2-6-21;/h4-5,8,19,21H,2-3,6-7H2,1H3,(H3,17,18);1H. The molecule has 0 atom stereocenters. The van der Waals surface area contributed by atoms with Crippen LogP contribution in [0.5, 0.6) is 5.75 Å². The maximum Gasteiger partial charge on any atom is 0.276 e. The predicted octanol–water partition coefficient (Wildman–Crippen LogP) is 2.36. The molecule has 0 aliphatic carbocycles. The first-order chi connectivity index (χ1) is 11.0. The average Bonchev–Trinajstić information content (AvgIpc) is 2.98. The van der Waals surface area contributed by atoms with Gasteiger partial charge in [0.05, 0.1) is 17.1 Å². The van der Waals surface area contributed by atoms with Crippen LogP contribution in [0.1, 0.15) is 23.3 Å². The van der Waals surface area contributed by atoms with Crippen molar-refractivity contribution in [3.05, 3.63) is 28.9 Å². The molecule has 2 rings (SSSR count). The number of hydrogen-bond donors (Lipinski definition) is 4. The summed E-state index contributed by atoms with van der Waals surface area (Å²) in [6.45, 7) is 0.574. The van der Waals surface area contributed by atoms with Gasteiger partial charge in [-0.15, -0.1) is 12.4 Å². The summed E-state index contributed by atoms with van der Waals surface area (Å²) in [6, 6.07) is 5.03. The number of unbranched alkanes of at least 4 members (excludes halogenated alkanes) is 1. The van der Waals surface area contributed by atoms with Crippen molar-refractivity contribution in [2.75, 3.05) is 20.3 Å². The van der Waals surface area contributed by atoms with Gasteiger partial charge in [-0.2, -0.15) is 0 Å². The number of aromatic nitrogens is 1. The van der Waals surface area contributed by atoms with E-state index in [4.69, 9.17) is 32.6 Å². The normalized spacial score (nSPS) is 10.3. The molecule has 5 N–H and O–H groups in total. The topological polar surface area (TPSA) is 115 Å². The Labute approximate surface area is 150 Å². The first-order valence-electron chi connectivity index (χ1n) is 7.12. The molecular weight excluding hydrogens is 355 g/mol. The molecule has 0 aliphatic rings. The number of hydrogen-bond acceptors (Lipinski definition) is 4. The molecule has 2 aromatic rings. The second-order valence-electron chi connectivity index (χ2n) is 5.05. The lowest BCUT2D eigenvalue weighted by Gasteiger charge is -2.12. The minimum atomic E-state index is -0.434. The molecule has 132 valence electrons. The number of nitrogens with one attached hydrogen (secondary N) is 2. The number of fused-ring (bicyclic) bond motifs is 1. The molecule has 1 amide bonds. The Morgan fingerprint density at radius 3 is 2.79 bits per heavy atom. The summed E-state index contributed by atoms with van der Waals surface area (Å²) in [4.78, 5) is 16.2.